The molecule has 0 aliphatic carbocycles. The molecule has 0 unspecified atom stereocenters. The molecule has 0 spiro atoms. The molecule has 0 fully saturated rings. The van der Waals surface area contributed by atoms with Crippen molar-refractivity contribution < 1.29 is 0 Å². The zero-order valence-corrected chi connectivity index (χ0v) is 15.0. The van der Waals surface area contributed by atoms with Crippen LogP contribution >= 0.6 is 11.6 Å². The maximum absolute atomic E-state index is 12.6. The maximum atomic E-state index is 12.6. The second-order valence-corrected chi connectivity index (χ2v) is 6.84. The fourth-order valence-electron chi connectivity index (χ4n) is 3.16. The highest BCUT2D eigenvalue weighted by molar-refractivity contribution is 6.30. The molecule has 1 aromatic carbocycles. The van der Waals surface area contributed by atoms with Gasteiger partial charge in [-0.1, -0.05) is 11.6 Å². The van der Waals surface area contributed by atoms with Gasteiger partial charge in [0.15, 0.2) is 0 Å². The van der Waals surface area contributed by atoms with Gasteiger partial charge in [0.2, 0.25) is 0 Å². The summed E-state index contributed by atoms with van der Waals surface area (Å²) in [6, 6.07) is 7.12. The number of hydrogen-bond acceptors (Lipinski definition) is 5. The van der Waals surface area contributed by atoms with E-state index in [1.54, 1.807) is 12.1 Å². The van der Waals surface area contributed by atoms with Gasteiger partial charge >= 0.3 is 5.69 Å². The molecule has 9 heteroatoms. The molecule has 0 saturated heterocycles. The number of aromatic nitrogens is 4. The van der Waals surface area contributed by atoms with Crippen LogP contribution in [0.1, 0.15) is 16.8 Å². The Balaban J connectivity index is 1.60. The van der Waals surface area contributed by atoms with Crippen molar-refractivity contribution in [2.24, 2.45) is 0 Å². The summed E-state index contributed by atoms with van der Waals surface area (Å²) in [4.78, 5) is 49.6. The van der Waals surface area contributed by atoms with Gasteiger partial charge in [-0.3, -0.25) is 19.5 Å². The minimum Gasteiger partial charge on any atom is -0.314 e. The van der Waals surface area contributed by atoms with Crippen molar-refractivity contribution in [2.45, 2.75) is 19.5 Å². The summed E-state index contributed by atoms with van der Waals surface area (Å²) in [5.74, 6) is 0.515. The average molecular weight is 386 g/mol. The first-order chi connectivity index (χ1) is 13.0. The molecule has 0 saturated carbocycles. The Morgan fingerprint density at radius 1 is 1.07 bits per heavy atom. The normalized spacial score (nSPS) is 14.1. The van der Waals surface area contributed by atoms with Crippen molar-refractivity contribution in [1.82, 2.24) is 24.8 Å². The summed E-state index contributed by atoms with van der Waals surface area (Å²) in [6.45, 7) is 1.38. The van der Waals surface area contributed by atoms with Gasteiger partial charge in [-0.2, -0.15) is 0 Å². The van der Waals surface area contributed by atoms with Gasteiger partial charge in [0.25, 0.3) is 11.1 Å². The van der Waals surface area contributed by atoms with Gasteiger partial charge in [-0.15, -0.1) is 0 Å². The van der Waals surface area contributed by atoms with E-state index in [0.717, 1.165) is 11.3 Å². The van der Waals surface area contributed by atoms with E-state index in [0.29, 0.717) is 48.0 Å². The third-order valence-corrected chi connectivity index (χ3v) is 4.81. The molecule has 0 atom stereocenters. The Morgan fingerprint density at radius 3 is 2.59 bits per heavy atom. The zero-order chi connectivity index (χ0) is 19.0. The first kappa shape index (κ1) is 17.4. The third kappa shape index (κ3) is 3.62. The van der Waals surface area contributed by atoms with E-state index >= 15 is 0 Å². The van der Waals surface area contributed by atoms with Crippen LogP contribution in [0.3, 0.4) is 0 Å². The Morgan fingerprint density at radius 2 is 1.85 bits per heavy atom. The Kier molecular flexibility index (Phi) is 4.51. The minimum atomic E-state index is -0.539. The summed E-state index contributed by atoms with van der Waals surface area (Å²) in [5.41, 5.74) is 1.44. The van der Waals surface area contributed by atoms with Gasteiger partial charge in [0.1, 0.15) is 5.82 Å². The van der Waals surface area contributed by atoms with Gasteiger partial charge in [-0.25, -0.2) is 9.78 Å². The summed E-state index contributed by atoms with van der Waals surface area (Å²) in [5, 5.41) is 0.618. The summed E-state index contributed by atoms with van der Waals surface area (Å²) in [7, 11) is 0. The van der Waals surface area contributed by atoms with Crippen molar-refractivity contribution in [1.29, 1.82) is 0 Å². The fraction of sp³-hybridized carbons (Fsp3) is 0.222. The molecule has 3 N–H and O–H groups in total. The minimum absolute atomic E-state index is 0.190. The molecule has 0 radical (unpaired) electrons. The molecule has 0 bridgehead atoms. The van der Waals surface area contributed by atoms with Crippen LogP contribution in [0.2, 0.25) is 5.02 Å². The van der Waals surface area contributed by atoms with Gasteiger partial charge in [-0.05, 0) is 24.3 Å². The lowest BCUT2D eigenvalue weighted by molar-refractivity contribution is 0.240. The molecule has 1 aliphatic rings. The van der Waals surface area contributed by atoms with E-state index in [9.17, 15) is 14.4 Å². The van der Waals surface area contributed by atoms with Crippen LogP contribution in [-0.4, -0.2) is 31.4 Å². The lowest BCUT2D eigenvalue weighted by Crippen LogP contribution is -2.37. The Labute approximate surface area is 157 Å². The number of benzene rings is 1. The second kappa shape index (κ2) is 6.98. The topological polar surface area (TPSA) is 115 Å². The van der Waals surface area contributed by atoms with E-state index in [4.69, 9.17) is 11.6 Å². The van der Waals surface area contributed by atoms with E-state index in [1.807, 2.05) is 17.0 Å². The number of rotatable bonds is 3. The number of nitrogens with one attached hydrogen (secondary N) is 3. The Hall–Kier alpha value is -2.97. The van der Waals surface area contributed by atoms with Crippen LogP contribution in [0.25, 0.3) is 11.4 Å². The third-order valence-electron chi connectivity index (χ3n) is 4.56. The highest BCUT2D eigenvalue weighted by Gasteiger charge is 2.22. The summed E-state index contributed by atoms with van der Waals surface area (Å²) < 4.78 is 0. The first-order valence-electron chi connectivity index (χ1n) is 8.41. The quantitative estimate of drug-likeness (QED) is 0.622. The van der Waals surface area contributed by atoms with Crippen molar-refractivity contribution in [3.63, 3.8) is 0 Å². The number of aromatic amines is 3. The van der Waals surface area contributed by atoms with Gasteiger partial charge < -0.3 is 9.97 Å². The molecular formula is C18H16ClN5O3. The predicted molar refractivity (Wildman–Crippen MR) is 101 cm³/mol. The van der Waals surface area contributed by atoms with E-state index in [1.165, 1.54) is 6.20 Å². The number of fused-ring (bicyclic) bond motifs is 1. The molecule has 0 amide bonds. The molecular weight excluding hydrogens is 370 g/mol. The number of halogens is 1. The fourth-order valence-corrected chi connectivity index (χ4v) is 3.28. The second-order valence-electron chi connectivity index (χ2n) is 6.40. The average Bonchev–Trinajstić information content (AvgIpc) is 2.65. The highest BCUT2D eigenvalue weighted by Crippen LogP contribution is 2.20. The molecule has 8 nitrogen and oxygen atoms in total. The van der Waals surface area contributed by atoms with Crippen LogP contribution in [0, 0.1) is 0 Å². The molecule has 27 heavy (non-hydrogen) atoms. The molecule has 1 aliphatic heterocycles. The zero-order valence-electron chi connectivity index (χ0n) is 14.2. The van der Waals surface area contributed by atoms with Crippen LogP contribution in [0.4, 0.5) is 0 Å². The van der Waals surface area contributed by atoms with Crippen LogP contribution in [0.5, 0.6) is 0 Å². The maximum Gasteiger partial charge on any atom is 0.325 e. The summed E-state index contributed by atoms with van der Waals surface area (Å²) in [6.07, 6.45) is 2.00. The largest absolute Gasteiger partial charge is 0.325 e. The standard InChI is InChI=1S/C18H16ClN5O3/c19-12-3-1-10(2-4-12)15-21-14-5-6-24(9-13(14)17(26)22-15)8-11-7-20-18(27)23-16(11)25/h1-4,7H,5-6,8-9H2,(H,21,22,26)(H2,20,23,25,27). The van der Waals surface area contributed by atoms with Gasteiger partial charge in [0, 0.05) is 48.4 Å². The van der Waals surface area contributed by atoms with E-state index in [2.05, 4.69) is 19.9 Å². The van der Waals surface area contributed by atoms with Crippen LogP contribution in [0.15, 0.2) is 44.8 Å². The smallest absolute Gasteiger partial charge is 0.314 e. The first-order valence-corrected chi connectivity index (χ1v) is 8.78. The molecule has 138 valence electrons. The van der Waals surface area contributed by atoms with Gasteiger partial charge in [0.05, 0.1) is 11.3 Å². The summed E-state index contributed by atoms with van der Waals surface area (Å²) >= 11 is 5.91. The van der Waals surface area contributed by atoms with Crippen molar-refractivity contribution in [3.05, 3.63) is 83.5 Å². The SMILES string of the molecule is O=c1[nH]cc(CN2CCc3nc(-c4ccc(Cl)cc4)[nH]c(=O)c3C2)c(=O)[nH]1. The number of nitrogens with zero attached hydrogens (tertiary/aromatic N) is 2. The van der Waals surface area contributed by atoms with Crippen molar-refractivity contribution >= 4 is 11.6 Å². The molecule has 3 heterocycles. The van der Waals surface area contributed by atoms with E-state index in [-0.39, 0.29) is 5.56 Å². The number of H-pyrrole nitrogens is 3. The monoisotopic (exact) mass is 385 g/mol. The molecule has 4 rings (SSSR count). The van der Waals surface area contributed by atoms with E-state index < -0.39 is 11.2 Å². The lowest BCUT2D eigenvalue weighted by Gasteiger charge is -2.27. The van der Waals surface area contributed by atoms with Crippen molar-refractivity contribution in [3.8, 4) is 11.4 Å². The predicted octanol–water partition coefficient (Wildman–Crippen LogP) is 1.03. The Bertz CT molecular complexity index is 1160. The molecule has 3 aromatic rings. The van der Waals surface area contributed by atoms with Crippen LogP contribution in [-0.2, 0) is 19.5 Å². The van der Waals surface area contributed by atoms with Crippen molar-refractivity contribution in [2.75, 3.05) is 6.54 Å². The number of hydrogen-bond donors (Lipinski definition) is 3. The van der Waals surface area contributed by atoms with Crippen LogP contribution < -0.4 is 16.8 Å². The molecule has 2 aromatic heterocycles. The lowest BCUT2D eigenvalue weighted by atomic mass is 10.1. The highest BCUT2D eigenvalue weighted by atomic mass is 35.5.